The van der Waals surface area contributed by atoms with Gasteiger partial charge in [-0.1, -0.05) is 335 Å². The zero-order valence-electron chi connectivity index (χ0n) is 61.8. The first-order valence-electron chi connectivity index (χ1n) is 39.6. The second-order valence-corrected chi connectivity index (χ2v) is 30.0. The maximum Gasteiger partial charge on any atom is 0.472 e. The largest absolute Gasteiger partial charge is 0.472 e. The Morgan fingerprint density at radius 2 is 0.500 bits per heavy atom. The number of allylic oxidation sites excluding steroid dienone is 4. The number of hydrogen-bond acceptors (Lipinski definition) is 15. The third-order valence-electron chi connectivity index (χ3n) is 17.5. The molecule has 0 aromatic carbocycles. The molecule has 0 fully saturated rings. The van der Waals surface area contributed by atoms with Crippen molar-refractivity contribution in [3.63, 3.8) is 0 Å². The highest BCUT2D eigenvalue weighted by Crippen LogP contribution is 2.45. The second-order valence-electron chi connectivity index (χ2n) is 27.1. The van der Waals surface area contributed by atoms with Crippen molar-refractivity contribution in [2.75, 3.05) is 39.6 Å². The van der Waals surface area contributed by atoms with Crippen LogP contribution < -0.4 is 0 Å². The van der Waals surface area contributed by atoms with Crippen molar-refractivity contribution < 1.29 is 80.2 Å². The monoisotopic (exact) mass is 1410 g/mol. The predicted molar refractivity (Wildman–Crippen MR) is 391 cm³/mol. The summed E-state index contributed by atoms with van der Waals surface area (Å²) in [7, 11) is -9.92. The van der Waals surface area contributed by atoms with E-state index in [1.54, 1.807) is 0 Å². The zero-order valence-corrected chi connectivity index (χ0v) is 63.6. The van der Waals surface area contributed by atoms with Gasteiger partial charge in [0.05, 0.1) is 26.4 Å². The molecule has 5 atom stereocenters. The Labute approximate surface area is 586 Å². The average Bonchev–Trinajstić information content (AvgIpc) is 3.76. The molecule has 0 aliphatic carbocycles. The van der Waals surface area contributed by atoms with Crippen LogP contribution in [0.1, 0.15) is 387 Å². The van der Waals surface area contributed by atoms with E-state index in [9.17, 15) is 43.2 Å². The SMILES string of the molecule is CCCCCC/C=C\C=C/CCCCCCCC(=O)O[C@H](COC(=O)CCCCCCCCCCC)COP(=O)(O)OC[C@H](O)COP(=O)(O)OC[C@@H](COC(=O)CCCCCCCCCCCCCCCCCC)OC(=O)CCCCCCCCCCCCCCCCCC. The van der Waals surface area contributed by atoms with Gasteiger partial charge in [-0.15, -0.1) is 0 Å². The van der Waals surface area contributed by atoms with Crippen molar-refractivity contribution in [1.82, 2.24) is 0 Å². The Morgan fingerprint density at radius 3 is 0.760 bits per heavy atom. The summed E-state index contributed by atoms with van der Waals surface area (Å²) in [5.74, 6) is -2.14. The Hall–Kier alpha value is -2.46. The maximum absolute atomic E-state index is 13.1. The summed E-state index contributed by atoms with van der Waals surface area (Å²) in [6, 6.07) is 0. The molecule has 0 saturated heterocycles. The molecule has 17 nitrogen and oxygen atoms in total. The number of unbranched alkanes of at least 4 members (excludes halogenated alkanes) is 47. The molecule has 0 saturated carbocycles. The molecule has 0 heterocycles. The number of aliphatic hydroxyl groups excluding tert-OH is 1. The lowest BCUT2D eigenvalue weighted by molar-refractivity contribution is -0.161. The van der Waals surface area contributed by atoms with Crippen LogP contribution in [0.25, 0.3) is 0 Å². The highest BCUT2D eigenvalue weighted by molar-refractivity contribution is 7.47. The van der Waals surface area contributed by atoms with Crippen LogP contribution in [0.5, 0.6) is 0 Å². The van der Waals surface area contributed by atoms with Crippen molar-refractivity contribution in [3.05, 3.63) is 24.3 Å². The van der Waals surface area contributed by atoms with E-state index in [-0.39, 0.29) is 25.7 Å². The second kappa shape index (κ2) is 71.0. The molecule has 0 aromatic heterocycles. The summed E-state index contributed by atoms with van der Waals surface area (Å²) in [4.78, 5) is 72.8. The lowest BCUT2D eigenvalue weighted by Gasteiger charge is -2.21. The molecule has 0 rings (SSSR count). The molecule has 0 bridgehead atoms. The molecule has 0 amide bonds. The van der Waals surface area contributed by atoms with Gasteiger partial charge in [-0.25, -0.2) is 9.13 Å². The molecule has 0 aliphatic heterocycles. The number of aliphatic hydroxyl groups is 1. The summed E-state index contributed by atoms with van der Waals surface area (Å²) in [5, 5.41) is 10.6. The number of carbonyl (C=O) groups is 4. The van der Waals surface area contributed by atoms with E-state index in [1.807, 2.05) is 0 Å². The molecule has 566 valence electrons. The topological polar surface area (TPSA) is 237 Å². The summed E-state index contributed by atoms with van der Waals surface area (Å²) >= 11 is 0. The van der Waals surface area contributed by atoms with Crippen LogP contribution >= 0.6 is 15.6 Å². The van der Waals surface area contributed by atoms with Gasteiger partial charge in [-0.05, 0) is 51.4 Å². The van der Waals surface area contributed by atoms with E-state index in [4.69, 9.17) is 37.0 Å². The third kappa shape index (κ3) is 70.0. The Bertz CT molecular complexity index is 1920. The quantitative estimate of drug-likeness (QED) is 0.0169. The van der Waals surface area contributed by atoms with Gasteiger partial charge in [0.15, 0.2) is 12.2 Å². The molecule has 0 radical (unpaired) electrons. The molecule has 3 N–H and O–H groups in total. The molecule has 96 heavy (non-hydrogen) atoms. The van der Waals surface area contributed by atoms with Crippen molar-refractivity contribution >= 4 is 39.5 Å². The van der Waals surface area contributed by atoms with Crippen molar-refractivity contribution in [1.29, 1.82) is 0 Å². The number of hydrogen-bond donors (Lipinski definition) is 3. The summed E-state index contributed by atoms with van der Waals surface area (Å²) < 4.78 is 68.5. The van der Waals surface area contributed by atoms with E-state index >= 15 is 0 Å². The molecule has 2 unspecified atom stereocenters. The number of rotatable bonds is 76. The molecule has 19 heteroatoms. The average molecular weight is 1410 g/mol. The Morgan fingerprint density at radius 1 is 0.292 bits per heavy atom. The van der Waals surface area contributed by atoms with Crippen molar-refractivity contribution in [3.8, 4) is 0 Å². The fourth-order valence-corrected chi connectivity index (χ4v) is 13.0. The van der Waals surface area contributed by atoms with Gasteiger partial charge >= 0.3 is 39.5 Å². The zero-order chi connectivity index (χ0) is 70.4. The molecule has 0 aromatic rings. The first-order valence-corrected chi connectivity index (χ1v) is 42.6. The van der Waals surface area contributed by atoms with Gasteiger partial charge in [-0.3, -0.25) is 37.3 Å². The normalized spacial score (nSPS) is 14.0. The number of carbonyl (C=O) groups excluding carboxylic acids is 4. The molecular formula is C77H146O17P2. The molecule has 0 aliphatic rings. The Kier molecular flexibility index (Phi) is 69.1. The van der Waals surface area contributed by atoms with Crippen LogP contribution in [0, 0.1) is 0 Å². The summed E-state index contributed by atoms with van der Waals surface area (Å²) in [6.07, 6.45) is 64.5. The number of phosphoric ester groups is 2. The van der Waals surface area contributed by atoms with Crippen LogP contribution in [0.4, 0.5) is 0 Å². The minimum absolute atomic E-state index is 0.0856. The van der Waals surface area contributed by atoms with Gasteiger partial charge in [0.1, 0.15) is 19.3 Å². The Balaban J connectivity index is 5.26. The van der Waals surface area contributed by atoms with Crippen LogP contribution in [-0.4, -0.2) is 96.7 Å². The minimum Gasteiger partial charge on any atom is -0.462 e. The van der Waals surface area contributed by atoms with Crippen molar-refractivity contribution in [2.45, 2.75) is 406 Å². The number of esters is 4. The standard InChI is InChI=1S/C77H146O17P2/c1-5-9-13-17-21-25-28-31-34-37-39-42-46-50-54-58-62-75(80)88-68-73(94-77(82)64-60-56-52-48-44-41-38-35-32-29-26-22-18-14-10-6-2)70-92-96(85,86)90-66-71(78)65-89-95(83,84)91-69-72(67-87-74(79)61-57-53-49-45-24-20-16-12-8-4)93-76(81)63-59-55-51-47-43-40-36-33-30-27-23-19-15-11-7-3/h27,30,33,36,71-73,78H,5-26,28-29,31-32,34-35,37-70H2,1-4H3,(H,83,84)(H,85,86)/b30-27-,36-33-/t71-,72+,73+/m0/s1. The highest BCUT2D eigenvalue weighted by Gasteiger charge is 2.30. The summed E-state index contributed by atoms with van der Waals surface area (Å²) in [5.41, 5.74) is 0. The lowest BCUT2D eigenvalue weighted by atomic mass is 10.0. The van der Waals surface area contributed by atoms with E-state index in [0.717, 1.165) is 103 Å². The van der Waals surface area contributed by atoms with Crippen LogP contribution in [0.15, 0.2) is 24.3 Å². The predicted octanol–water partition coefficient (Wildman–Crippen LogP) is 22.6. The fraction of sp³-hybridized carbons (Fsp3) is 0.896. The van der Waals surface area contributed by atoms with Gasteiger partial charge in [0, 0.05) is 25.7 Å². The minimum atomic E-state index is -4.96. The highest BCUT2D eigenvalue weighted by atomic mass is 31.2. The number of phosphoric acid groups is 2. The van der Waals surface area contributed by atoms with E-state index < -0.39 is 97.5 Å². The van der Waals surface area contributed by atoms with Crippen LogP contribution in [0.2, 0.25) is 0 Å². The molecule has 0 spiro atoms. The molecular weight excluding hydrogens is 1260 g/mol. The first kappa shape index (κ1) is 93.5. The first-order chi connectivity index (χ1) is 46.7. The number of ether oxygens (including phenoxy) is 4. The van der Waals surface area contributed by atoms with Crippen molar-refractivity contribution in [2.24, 2.45) is 0 Å². The van der Waals surface area contributed by atoms with Gasteiger partial charge in [0.2, 0.25) is 0 Å². The smallest absolute Gasteiger partial charge is 0.462 e. The third-order valence-corrected chi connectivity index (χ3v) is 19.4. The van der Waals surface area contributed by atoms with Gasteiger partial charge in [0.25, 0.3) is 0 Å². The van der Waals surface area contributed by atoms with Crippen LogP contribution in [-0.2, 0) is 65.4 Å². The van der Waals surface area contributed by atoms with E-state index in [1.165, 1.54) is 205 Å². The maximum atomic E-state index is 13.1. The lowest BCUT2D eigenvalue weighted by Crippen LogP contribution is -2.30. The van der Waals surface area contributed by atoms with Gasteiger partial charge < -0.3 is 33.8 Å². The fourth-order valence-electron chi connectivity index (χ4n) is 11.4. The van der Waals surface area contributed by atoms with Gasteiger partial charge in [-0.2, -0.15) is 0 Å². The van der Waals surface area contributed by atoms with Crippen LogP contribution in [0.3, 0.4) is 0 Å². The summed E-state index contributed by atoms with van der Waals surface area (Å²) in [6.45, 7) is 4.92. The van der Waals surface area contributed by atoms with E-state index in [2.05, 4.69) is 52.0 Å². The van der Waals surface area contributed by atoms with E-state index in [0.29, 0.717) is 25.7 Å².